The van der Waals surface area contributed by atoms with Crippen LogP contribution in [0.1, 0.15) is 29.3 Å². The lowest BCUT2D eigenvalue weighted by Gasteiger charge is -2.15. The zero-order chi connectivity index (χ0) is 16.1. The third-order valence-corrected chi connectivity index (χ3v) is 4.12. The summed E-state index contributed by atoms with van der Waals surface area (Å²) in [4.78, 5) is 12.6. The number of hydrogen-bond donors (Lipinski definition) is 1. The SMILES string of the molecule is C[C@@H](CCc1ccccc1)NC(=O)c1cccc2ccccc12. The topological polar surface area (TPSA) is 29.1 Å². The second kappa shape index (κ2) is 7.10. The minimum atomic E-state index is 0.00219. The molecule has 1 N–H and O–H groups in total. The molecule has 0 unspecified atom stereocenters. The van der Waals surface area contributed by atoms with Crippen molar-refractivity contribution < 1.29 is 4.79 Å². The summed E-state index contributed by atoms with van der Waals surface area (Å²) in [5.74, 6) is 0.00219. The molecule has 0 saturated heterocycles. The van der Waals surface area contributed by atoms with Gasteiger partial charge in [-0.25, -0.2) is 0 Å². The first kappa shape index (κ1) is 15.3. The van der Waals surface area contributed by atoms with Gasteiger partial charge < -0.3 is 5.32 Å². The van der Waals surface area contributed by atoms with Crippen LogP contribution in [0.15, 0.2) is 72.8 Å². The van der Waals surface area contributed by atoms with Crippen molar-refractivity contribution in [2.75, 3.05) is 0 Å². The van der Waals surface area contributed by atoms with Crippen LogP contribution in [0.4, 0.5) is 0 Å². The molecule has 2 heteroatoms. The Morgan fingerprint density at radius 3 is 2.43 bits per heavy atom. The Morgan fingerprint density at radius 1 is 0.913 bits per heavy atom. The molecule has 1 atom stereocenters. The highest BCUT2D eigenvalue weighted by molar-refractivity contribution is 6.07. The average Bonchev–Trinajstić information content (AvgIpc) is 2.60. The van der Waals surface area contributed by atoms with Crippen LogP contribution in [0.3, 0.4) is 0 Å². The van der Waals surface area contributed by atoms with E-state index in [0.717, 1.165) is 29.2 Å². The van der Waals surface area contributed by atoms with E-state index in [1.807, 2.05) is 48.5 Å². The maximum absolute atomic E-state index is 12.6. The number of fused-ring (bicyclic) bond motifs is 1. The lowest BCUT2D eigenvalue weighted by molar-refractivity contribution is 0.0940. The van der Waals surface area contributed by atoms with Gasteiger partial charge in [0.15, 0.2) is 0 Å². The molecule has 116 valence electrons. The van der Waals surface area contributed by atoms with Crippen LogP contribution in [0.2, 0.25) is 0 Å². The van der Waals surface area contributed by atoms with Gasteiger partial charge in [0.2, 0.25) is 0 Å². The van der Waals surface area contributed by atoms with E-state index in [4.69, 9.17) is 0 Å². The van der Waals surface area contributed by atoms with Crippen molar-refractivity contribution in [3.05, 3.63) is 83.9 Å². The summed E-state index contributed by atoms with van der Waals surface area (Å²) in [6.07, 6.45) is 1.90. The predicted octanol–water partition coefficient (Wildman–Crippen LogP) is 4.59. The van der Waals surface area contributed by atoms with E-state index in [9.17, 15) is 4.79 Å². The average molecular weight is 303 g/mol. The van der Waals surface area contributed by atoms with Crippen molar-refractivity contribution >= 4 is 16.7 Å². The zero-order valence-electron chi connectivity index (χ0n) is 13.3. The predicted molar refractivity (Wildman–Crippen MR) is 95.6 cm³/mol. The summed E-state index contributed by atoms with van der Waals surface area (Å²) in [5, 5.41) is 5.22. The summed E-state index contributed by atoms with van der Waals surface area (Å²) in [7, 11) is 0. The molecular weight excluding hydrogens is 282 g/mol. The molecule has 0 bridgehead atoms. The summed E-state index contributed by atoms with van der Waals surface area (Å²) >= 11 is 0. The monoisotopic (exact) mass is 303 g/mol. The van der Waals surface area contributed by atoms with Gasteiger partial charge in [-0.3, -0.25) is 4.79 Å². The lowest BCUT2D eigenvalue weighted by atomic mass is 10.0. The summed E-state index contributed by atoms with van der Waals surface area (Å²) in [5.41, 5.74) is 2.05. The largest absolute Gasteiger partial charge is 0.350 e. The van der Waals surface area contributed by atoms with Crippen molar-refractivity contribution in [1.29, 1.82) is 0 Å². The van der Waals surface area contributed by atoms with Gasteiger partial charge in [-0.1, -0.05) is 66.7 Å². The normalized spacial score (nSPS) is 12.0. The fourth-order valence-electron chi connectivity index (χ4n) is 2.82. The van der Waals surface area contributed by atoms with Gasteiger partial charge in [-0.05, 0) is 42.2 Å². The van der Waals surface area contributed by atoms with E-state index in [1.54, 1.807) is 0 Å². The van der Waals surface area contributed by atoms with Gasteiger partial charge in [0.05, 0.1) is 0 Å². The molecule has 0 aliphatic carbocycles. The molecule has 3 rings (SSSR count). The van der Waals surface area contributed by atoms with Gasteiger partial charge in [-0.2, -0.15) is 0 Å². The van der Waals surface area contributed by atoms with Gasteiger partial charge in [-0.15, -0.1) is 0 Å². The van der Waals surface area contributed by atoms with Crippen molar-refractivity contribution in [2.45, 2.75) is 25.8 Å². The number of carbonyl (C=O) groups is 1. The van der Waals surface area contributed by atoms with Gasteiger partial charge in [0.1, 0.15) is 0 Å². The molecule has 1 amide bonds. The maximum Gasteiger partial charge on any atom is 0.252 e. The Kier molecular flexibility index (Phi) is 4.72. The molecule has 0 saturated carbocycles. The van der Waals surface area contributed by atoms with Gasteiger partial charge in [0, 0.05) is 11.6 Å². The van der Waals surface area contributed by atoms with Crippen molar-refractivity contribution in [3.63, 3.8) is 0 Å². The van der Waals surface area contributed by atoms with E-state index < -0.39 is 0 Å². The van der Waals surface area contributed by atoms with Crippen molar-refractivity contribution in [3.8, 4) is 0 Å². The van der Waals surface area contributed by atoms with Crippen LogP contribution in [-0.2, 0) is 6.42 Å². The Morgan fingerprint density at radius 2 is 1.61 bits per heavy atom. The van der Waals surface area contributed by atoms with Crippen LogP contribution in [0, 0.1) is 0 Å². The van der Waals surface area contributed by atoms with Gasteiger partial charge in [0.25, 0.3) is 5.91 Å². The molecule has 0 spiro atoms. The van der Waals surface area contributed by atoms with E-state index in [-0.39, 0.29) is 11.9 Å². The summed E-state index contributed by atoms with van der Waals surface area (Å²) in [6, 6.07) is 24.4. The highest BCUT2D eigenvalue weighted by atomic mass is 16.1. The first-order chi connectivity index (χ1) is 11.2. The van der Waals surface area contributed by atoms with Gasteiger partial charge >= 0.3 is 0 Å². The number of carbonyl (C=O) groups excluding carboxylic acids is 1. The minimum absolute atomic E-state index is 0.00219. The molecule has 2 nitrogen and oxygen atoms in total. The van der Waals surface area contributed by atoms with Crippen molar-refractivity contribution in [2.24, 2.45) is 0 Å². The number of benzene rings is 3. The Hall–Kier alpha value is -2.61. The first-order valence-corrected chi connectivity index (χ1v) is 8.06. The Balaban J connectivity index is 1.66. The molecule has 0 aliphatic heterocycles. The summed E-state index contributed by atoms with van der Waals surface area (Å²) in [6.45, 7) is 2.06. The highest BCUT2D eigenvalue weighted by Crippen LogP contribution is 2.18. The van der Waals surface area contributed by atoms with Crippen LogP contribution in [-0.4, -0.2) is 11.9 Å². The fraction of sp³-hybridized carbons (Fsp3) is 0.190. The Bertz CT molecular complexity index is 790. The number of nitrogens with one attached hydrogen (secondary N) is 1. The molecule has 0 fully saturated rings. The molecule has 3 aromatic carbocycles. The van der Waals surface area contributed by atoms with Crippen molar-refractivity contribution in [1.82, 2.24) is 5.32 Å². The minimum Gasteiger partial charge on any atom is -0.350 e. The summed E-state index contributed by atoms with van der Waals surface area (Å²) < 4.78 is 0. The van der Waals surface area contributed by atoms with Crippen LogP contribution in [0.5, 0.6) is 0 Å². The smallest absolute Gasteiger partial charge is 0.252 e. The fourth-order valence-corrected chi connectivity index (χ4v) is 2.82. The number of amides is 1. The van der Waals surface area contributed by atoms with Crippen LogP contribution >= 0.6 is 0 Å². The van der Waals surface area contributed by atoms with Crippen LogP contribution in [0.25, 0.3) is 10.8 Å². The molecule has 0 aromatic heterocycles. The maximum atomic E-state index is 12.6. The Labute approximate surface area is 137 Å². The molecule has 0 radical (unpaired) electrons. The quantitative estimate of drug-likeness (QED) is 0.734. The molecule has 3 aromatic rings. The van der Waals surface area contributed by atoms with E-state index >= 15 is 0 Å². The third kappa shape index (κ3) is 3.78. The molecular formula is C21H21NO. The van der Waals surface area contributed by atoms with Crippen LogP contribution < -0.4 is 5.32 Å². The lowest BCUT2D eigenvalue weighted by Crippen LogP contribution is -2.33. The third-order valence-electron chi connectivity index (χ3n) is 4.12. The number of hydrogen-bond acceptors (Lipinski definition) is 1. The zero-order valence-corrected chi connectivity index (χ0v) is 13.3. The highest BCUT2D eigenvalue weighted by Gasteiger charge is 2.12. The van der Waals surface area contributed by atoms with E-state index in [0.29, 0.717) is 0 Å². The molecule has 23 heavy (non-hydrogen) atoms. The second-order valence-electron chi connectivity index (χ2n) is 5.93. The molecule has 0 aliphatic rings. The number of aryl methyl sites for hydroxylation is 1. The second-order valence-corrected chi connectivity index (χ2v) is 5.93. The van der Waals surface area contributed by atoms with E-state index in [1.165, 1.54) is 5.56 Å². The molecule has 0 heterocycles. The van der Waals surface area contributed by atoms with E-state index in [2.05, 4.69) is 36.5 Å². The first-order valence-electron chi connectivity index (χ1n) is 8.06. The standard InChI is InChI=1S/C21H21NO/c1-16(14-15-17-8-3-2-4-9-17)22-21(23)20-13-7-11-18-10-5-6-12-19(18)20/h2-13,16H,14-15H2,1H3,(H,22,23)/t16-/m0/s1. The number of rotatable bonds is 5.